The molecular formula is C10H8ClF5. The molecular weight excluding hydrogens is 251 g/mol. The second-order valence-electron chi connectivity index (χ2n) is 3.29. The molecule has 16 heavy (non-hydrogen) atoms. The molecule has 0 amide bonds. The molecule has 1 aromatic carbocycles. The molecule has 0 saturated heterocycles. The van der Waals surface area contributed by atoms with E-state index < -0.39 is 36.0 Å². The van der Waals surface area contributed by atoms with Crippen molar-refractivity contribution in [2.24, 2.45) is 0 Å². The maximum Gasteiger partial charge on any atom is 0.389 e. The Morgan fingerprint density at radius 2 is 1.81 bits per heavy atom. The zero-order valence-electron chi connectivity index (χ0n) is 7.99. The second-order valence-corrected chi connectivity index (χ2v) is 3.81. The number of rotatable bonds is 3. The first-order valence-corrected chi connectivity index (χ1v) is 4.89. The first-order chi connectivity index (χ1) is 7.29. The van der Waals surface area contributed by atoms with Gasteiger partial charge in [0.2, 0.25) is 0 Å². The van der Waals surface area contributed by atoms with Gasteiger partial charge in [0.05, 0.1) is 5.38 Å². The summed E-state index contributed by atoms with van der Waals surface area (Å²) in [5.74, 6) is -1.53. The third-order valence-electron chi connectivity index (χ3n) is 1.98. The fraction of sp³-hybridized carbons (Fsp3) is 0.400. The minimum Gasteiger partial charge on any atom is -0.207 e. The summed E-state index contributed by atoms with van der Waals surface area (Å²) >= 11 is 5.58. The molecule has 1 atom stereocenters. The lowest BCUT2D eigenvalue weighted by Crippen LogP contribution is -2.09. The molecule has 0 N–H and O–H groups in total. The van der Waals surface area contributed by atoms with E-state index in [2.05, 4.69) is 0 Å². The van der Waals surface area contributed by atoms with Gasteiger partial charge in [-0.1, -0.05) is 0 Å². The first kappa shape index (κ1) is 13.2. The Bertz CT molecular complexity index is 361. The van der Waals surface area contributed by atoms with Crippen molar-refractivity contribution in [3.05, 3.63) is 35.4 Å². The van der Waals surface area contributed by atoms with E-state index in [1.165, 1.54) is 0 Å². The summed E-state index contributed by atoms with van der Waals surface area (Å²) < 4.78 is 61.5. The van der Waals surface area contributed by atoms with Crippen LogP contribution in [0.15, 0.2) is 18.2 Å². The number of halogens is 6. The molecule has 6 heteroatoms. The molecule has 0 aromatic heterocycles. The molecule has 0 aliphatic rings. The Morgan fingerprint density at radius 3 is 2.38 bits per heavy atom. The molecule has 0 radical (unpaired) electrons. The van der Waals surface area contributed by atoms with Crippen LogP contribution in [0.25, 0.3) is 0 Å². The zero-order valence-corrected chi connectivity index (χ0v) is 8.75. The van der Waals surface area contributed by atoms with Gasteiger partial charge in [-0.15, -0.1) is 11.6 Å². The maximum atomic E-state index is 13.1. The molecule has 1 aromatic rings. The van der Waals surface area contributed by atoms with Crippen LogP contribution in [0.1, 0.15) is 23.8 Å². The summed E-state index contributed by atoms with van der Waals surface area (Å²) in [7, 11) is 0. The van der Waals surface area contributed by atoms with E-state index in [-0.39, 0.29) is 5.56 Å². The van der Waals surface area contributed by atoms with E-state index in [1.54, 1.807) is 0 Å². The Balaban J connectivity index is 2.73. The van der Waals surface area contributed by atoms with Crippen LogP contribution < -0.4 is 0 Å². The molecule has 0 aliphatic heterocycles. The molecule has 0 bridgehead atoms. The molecule has 1 rings (SSSR count). The van der Waals surface area contributed by atoms with E-state index in [4.69, 9.17) is 11.6 Å². The van der Waals surface area contributed by atoms with Crippen molar-refractivity contribution in [3.8, 4) is 0 Å². The van der Waals surface area contributed by atoms with E-state index in [9.17, 15) is 22.0 Å². The average molecular weight is 259 g/mol. The summed E-state index contributed by atoms with van der Waals surface area (Å²) in [4.78, 5) is 0. The van der Waals surface area contributed by atoms with Crippen LogP contribution in [-0.2, 0) is 0 Å². The van der Waals surface area contributed by atoms with Crippen LogP contribution in [0.4, 0.5) is 22.0 Å². The third-order valence-corrected chi connectivity index (χ3v) is 2.43. The van der Waals surface area contributed by atoms with Crippen LogP contribution in [-0.4, -0.2) is 6.18 Å². The lowest BCUT2D eigenvalue weighted by molar-refractivity contribution is -0.135. The average Bonchev–Trinajstić information content (AvgIpc) is 2.17. The van der Waals surface area contributed by atoms with Crippen molar-refractivity contribution < 1.29 is 22.0 Å². The van der Waals surface area contributed by atoms with E-state index in [1.807, 2.05) is 0 Å². The van der Waals surface area contributed by atoms with Crippen LogP contribution in [0, 0.1) is 11.6 Å². The molecule has 0 fully saturated rings. The summed E-state index contributed by atoms with van der Waals surface area (Å²) in [6, 6.07) is 2.53. The van der Waals surface area contributed by atoms with Crippen molar-refractivity contribution in [1.29, 1.82) is 0 Å². The monoisotopic (exact) mass is 258 g/mol. The van der Waals surface area contributed by atoms with Crippen molar-refractivity contribution in [2.45, 2.75) is 24.4 Å². The first-order valence-electron chi connectivity index (χ1n) is 4.45. The maximum absolute atomic E-state index is 13.1. The Labute approximate surface area is 94.0 Å². The highest BCUT2D eigenvalue weighted by molar-refractivity contribution is 6.20. The topological polar surface area (TPSA) is 0 Å². The number of hydrogen-bond acceptors (Lipinski definition) is 0. The molecule has 0 nitrogen and oxygen atoms in total. The molecule has 0 aliphatic carbocycles. The van der Waals surface area contributed by atoms with Gasteiger partial charge in [-0.2, -0.15) is 13.2 Å². The van der Waals surface area contributed by atoms with Crippen molar-refractivity contribution in [1.82, 2.24) is 0 Å². The van der Waals surface area contributed by atoms with Gasteiger partial charge in [-0.3, -0.25) is 0 Å². The van der Waals surface area contributed by atoms with E-state index in [0.717, 1.165) is 18.2 Å². The summed E-state index contributed by atoms with van der Waals surface area (Å²) in [5.41, 5.74) is -0.245. The molecule has 0 heterocycles. The highest BCUT2D eigenvalue weighted by atomic mass is 35.5. The van der Waals surface area contributed by atoms with Gasteiger partial charge in [-0.05, 0) is 24.6 Å². The molecule has 0 spiro atoms. The van der Waals surface area contributed by atoms with Crippen LogP contribution in [0.2, 0.25) is 0 Å². The van der Waals surface area contributed by atoms with Gasteiger partial charge in [0.1, 0.15) is 11.6 Å². The standard InChI is InChI=1S/C10H8ClF5/c11-8(3-4-10(14,15)16)7-5-6(12)1-2-9(7)13/h1-2,5,8H,3-4H2. The SMILES string of the molecule is Fc1ccc(F)c(C(Cl)CCC(F)(F)F)c1. The zero-order chi connectivity index (χ0) is 12.3. The van der Waals surface area contributed by atoms with Crippen LogP contribution >= 0.6 is 11.6 Å². The van der Waals surface area contributed by atoms with Crippen molar-refractivity contribution in [2.75, 3.05) is 0 Å². The quantitative estimate of drug-likeness (QED) is 0.550. The summed E-state index contributed by atoms with van der Waals surface area (Å²) in [6.07, 6.45) is -5.96. The molecule has 1 unspecified atom stereocenters. The predicted molar refractivity (Wildman–Crippen MR) is 50.2 cm³/mol. The summed E-state index contributed by atoms with van der Waals surface area (Å²) in [5, 5.41) is -1.18. The van der Waals surface area contributed by atoms with Gasteiger partial charge in [0, 0.05) is 12.0 Å². The molecule has 90 valence electrons. The third kappa shape index (κ3) is 3.96. The highest BCUT2D eigenvalue weighted by Gasteiger charge is 2.28. The second kappa shape index (κ2) is 4.99. The van der Waals surface area contributed by atoms with E-state index in [0.29, 0.717) is 0 Å². The largest absolute Gasteiger partial charge is 0.389 e. The lowest BCUT2D eigenvalue weighted by Gasteiger charge is -2.12. The minimum absolute atomic E-state index is 0.245. The van der Waals surface area contributed by atoms with Crippen LogP contribution in [0.3, 0.4) is 0 Å². The van der Waals surface area contributed by atoms with Crippen molar-refractivity contribution in [3.63, 3.8) is 0 Å². The predicted octanol–water partition coefficient (Wildman–Crippen LogP) is 4.59. The Morgan fingerprint density at radius 1 is 1.19 bits per heavy atom. The molecule has 0 saturated carbocycles. The van der Waals surface area contributed by atoms with Gasteiger partial charge in [-0.25, -0.2) is 8.78 Å². The van der Waals surface area contributed by atoms with Gasteiger partial charge in [0.15, 0.2) is 0 Å². The number of benzene rings is 1. The van der Waals surface area contributed by atoms with E-state index >= 15 is 0 Å². The number of hydrogen-bond donors (Lipinski definition) is 0. The van der Waals surface area contributed by atoms with Gasteiger partial charge in [0.25, 0.3) is 0 Å². The fourth-order valence-corrected chi connectivity index (χ4v) is 1.48. The van der Waals surface area contributed by atoms with Crippen molar-refractivity contribution >= 4 is 11.6 Å². The van der Waals surface area contributed by atoms with Crippen LogP contribution in [0.5, 0.6) is 0 Å². The normalized spacial score (nSPS) is 13.9. The summed E-state index contributed by atoms with van der Waals surface area (Å²) in [6.45, 7) is 0. The van der Waals surface area contributed by atoms with Gasteiger partial charge < -0.3 is 0 Å². The fourth-order valence-electron chi connectivity index (χ4n) is 1.20. The minimum atomic E-state index is -4.35. The Kier molecular flexibility index (Phi) is 4.13. The Hall–Kier alpha value is -0.840. The lowest BCUT2D eigenvalue weighted by atomic mass is 10.1. The highest BCUT2D eigenvalue weighted by Crippen LogP contribution is 2.32. The smallest absolute Gasteiger partial charge is 0.207 e. The van der Waals surface area contributed by atoms with Gasteiger partial charge >= 0.3 is 6.18 Å². The number of alkyl halides is 4.